The lowest BCUT2D eigenvalue weighted by Gasteiger charge is -2.16. The average molecular weight is 247 g/mol. The van der Waals surface area contributed by atoms with E-state index in [0.717, 1.165) is 5.75 Å². The number of ether oxygens (including phenoxy) is 1. The monoisotopic (exact) mass is 246 g/mol. The SMILES string of the molecule is CN(C)CC(O)COc1ccc(N)cc1.Cl. The van der Waals surface area contributed by atoms with E-state index >= 15 is 0 Å². The first-order chi connectivity index (χ1) is 7.08. The van der Waals surface area contributed by atoms with Crippen LogP contribution < -0.4 is 10.5 Å². The lowest BCUT2D eigenvalue weighted by Crippen LogP contribution is -2.30. The summed E-state index contributed by atoms with van der Waals surface area (Å²) in [4.78, 5) is 1.91. The van der Waals surface area contributed by atoms with Gasteiger partial charge >= 0.3 is 0 Å². The molecule has 1 rings (SSSR count). The first-order valence-corrected chi connectivity index (χ1v) is 4.89. The van der Waals surface area contributed by atoms with Gasteiger partial charge in [-0.25, -0.2) is 0 Å². The number of nitrogens with zero attached hydrogens (tertiary/aromatic N) is 1. The van der Waals surface area contributed by atoms with Crippen molar-refractivity contribution in [2.45, 2.75) is 6.10 Å². The molecular weight excluding hydrogens is 228 g/mol. The molecule has 0 aliphatic rings. The highest BCUT2D eigenvalue weighted by Crippen LogP contribution is 2.13. The minimum atomic E-state index is -0.474. The van der Waals surface area contributed by atoms with Gasteiger partial charge in [-0.2, -0.15) is 0 Å². The summed E-state index contributed by atoms with van der Waals surface area (Å²) in [5.41, 5.74) is 6.24. The number of nitrogens with two attached hydrogens (primary N) is 1. The Morgan fingerprint density at radius 3 is 2.38 bits per heavy atom. The van der Waals surface area contributed by atoms with E-state index in [0.29, 0.717) is 18.8 Å². The Labute approximate surface area is 102 Å². The van der Waals surface area contributed by atoms with Crippen molar-refractivity contribution in [1.29, 1.82) is 0 Å². The van der Waals surface area contributed by atoms with Crippen molar-refractivity contribution in [2.75, 3.05) is 33.0 Å². The molecule has 0 heterocycles. The fraction of sp³-hybridized carbons (Fsp3) is 0.455. The van der Waals surface area contributed by atoms with Crippen LogP contribution in [-0.4, -0.2) is 43.4 Å². The predicted molar refractivity (Wildman–Crippen MR) is 68.2 cm³/mol. The normalized spacial score (nSPS) is 12.0. The Kier molecular flexibility index (Phi) is 6.88. The maximum absolute atomic E-state index is 9.54. The summed E-state index contributed by atoms with van der Waals surface area (Å²) in [7, 11) is 3.82. The molecule has 0 amide bonds. The molecule has 0 aromatic heterocycles. The Bertz CT molecular complexity index is 291. The number of anilines is 1. The molecule has 1 aromatic rings. The molecule has 5 heteroatoms. The van der Waals surface area contributed by atoms with Crippen LogP contribution in [0.25, 0.3) is 0 Å². The Morgan fingerprint density at radius 1 is 1.31 bits per heavy atom. The van der Waals surface area contributed by atoms with Crippen LogP contribution >= 0.6 is 12.4 Å². The number of halogens is 1. The van der Waals surface area contributed by atoms with Crippen LogP contribution in [0.15, 0.2) is 24.3 Å². The van der Waals surface area contributed by atoms with Crippen LogP contribution in [0.4, 0.5) is 5.69 Å². The molecule has 16 heavy (non-hydrogen) atoms. The fourth-order valence-corrected chi connectivity index (χ4v) is 1.23. The minimum absolute atomic E-state index is 0. The Morgan fingerprint density at radius 2 is 1.88 bits per heavy atom. The molecule has 1 atom stereocenters. The van der Waals surface area contributed by atoms with E-state index in [4.69, 9.17) is 10.5 Å². The van der Waals surface area contributed by atoms with Gasteiger partial charge in [0.1, 0.15) is 18.5 Å². The van der Waals surface area contributed by atoms with Gasteiger partial charge in [0.25, 0.3) is 0 Å². The third kappa shape index (κ3) is 5.80. The van der Waals surface area contributed by atoms with Crippen LogP contribution in [0.5, 0.6) is 5.75 Å². The molecule has 92 valence electrons. The summed E-state index contributed by atoms with van der Waals surface area (Å²) in [6.45, 7) is 0.886. The number of aliphatic hydroxyl groups is 1. The van der Waals surface area contributed by atoms with Gasteiger partial charge in [0, 0.05) is 12.2 Å². The van der Waals surface area contributed by atoms with Crippen molar-refractivity contribution in [3.8, 4) is 5.75 Å². The Hall–Kier alpha value is -0.970. The van der Waals surface area contributed by atoms with Gasteiger partial charge in [-0.1, -0.05) is 0 Å². The number of nitrogen functional groups attached to an aromatic ring is 1. The first-order valence-electron chi connectivity index (χ1n) is 4.89. The predicted octanol–water partition coefficient (Wildman–Crippen LogP) is 0.992. The highest BCUT2D eigenvalue weighted by Gasteiger charge is 2.06. The summed E-state index contributed by atoms with van der Waals surface area (Å²) < 4.78 is 5.39. The van der Waals surface area contributed by atoms with Crippen molar-refractivity contribution in [2.24, 2.45) is 0 Å². The zero-order valence-corrected chi connectivity index (χ0v) is 10.4. The number of aliphatic hydroxyl groups excluding tert-OH is 1. The zero-order chi connectivity index (χ0) is 11.3. The van der Waals surface area contributed by atoms with Gasteiger partial charge in [0.05, 0.1) is 0 Å². The molecule has 4 nitrogen and oxygen atoms in total. The van der Waals surface area contributed by atoms with E-state index in [1.807, 2.05) is 19.0 Å². The van der Waals surface area contributed by atoms with Gasteiger partial charge < -0.3 is 20.5 Å². The third-order valence-corrected chi connectivity index (χ3v) is 1.90. The first kappa shape index (κ1) is 15.0. The van der Waals surface area contributed by atoms with E-state index in [2.05, 4.69) is 0 Å². The highest BCUT2D eigenvalue weighted by molar-refractivity contribution is 5.85. The fourth-order valence-electron chi connectivity index (χ4n) is 1.23. The second kappa shape index (κ2) is 7.33. The summed E-state index contributed by atoms with van der Waals surface area (Å²) in [6, 6.07) is 7.12. The molecule has 0 bridgehead atoms. The maximum Gasteiger partial charge on any atom is 0.119 e. The van der Waals surface area contributed by atoms with Gasteiger partial charge in [0.15, 0.2) is 0 Å². The van der Waals surface area contributed by atoms with Crippen molar-refractivity contribution in [1.82, 2.24) is 4.90 Å². The molecule has 0 fully saturated rings. The van der Waals surface area contributed by atoms with Crippen LogP contribution in [0.3, 0.4) is 0 Å². The molecule has 1 aromatic carbocycles. The van der Waals surface area contributed by atoms with Crippen LogP contribution in [0, 0.1) is 0 Å². The quantitative estimate of drug-likeness (QED) is 0.761. The highest BCUT2D eigenvalue weighted by atomic mass is 35.5. The van der Waals surface area contributed by atoms with E-state index in [1.54, 1.807) is 24.3 Å². The summed E-state index contributed by atoms with van der Waals surface area (Å²) in [5.74, 6) is 0.724. The number of benzene rings is 1. The Balaban J connectivity index is 0.00000225. The smallest absolute Gasteiger partial charge is 0.119 e. The maximum atomic E-state index is 9.54. The second-order valence-corrected chi connectivity index (χ2v) is 3.80. The topological polar surface area (TPSA) is 58.7 Å². The lowest BCUT2D eigenvalue weighted by molar-refractivity contribution is 0.0831. The molecule has 1 unspecified atom stereocenters. The molecule has 0 aliphatic carbocycles. The van der Waals surface area contributed by atoms with E-state index in [-0.39, 0.29) is 12.4 Å². The molecule has 0 radical (unpaired) electrons. The van der Waals surface area contributed by atoms with Crippen molar-refractivity contribution in [3.05, 3.63) is 24.3 Å². The second-order valence-electron chi connectivity index (χ2n) is 3.80. The molecule has 0 saturated heterocycles. The van der Waals surface area contributed by atoms with Crippen LogP contribution in [0.2, 0.25) is 0 Å². The van der Waals surface area contributed by atoms with Gasteiger partial charge in [-0.05, 0) is 38.4 Å². The van der Waals surface area contributed by atoms with Gasteiger partial charge in [0.2, 0.25) is 0 Å². The van der Waals surface area contributed by atoms with E-state index in [1.165, 1.54) is 0 Å². The van der Waals surface area contributed by atoms with Crippen molar-refractivity contribution >= 4 is 18.1 Å². The molecule has 0 spiro atoms. The van der Waals surface area contributed by atoms with Gasteiger partial charge in [-0.3, -0.25) is 0 Å². The van der Waals surface area contributed by atoms with Crippen molar-refractivity contribution < 1.29 is 9.84 Å². The van der Waals surface area contributed by atoms with Crippen LogP contribution in [-0.2, 0) is 0 Å². The zero-order valence-electron chi connectivity index (χ0n) is 9.59. The number of hydrogen-bond donors (Lipinski definition) is 2. The summed E-state index contributed by atoms with van der Waals surface area (Å²) in [6.07, 6.45) is -0.474. The average Bonchev–Trinajstić information content (AvgIpc) is 2.16. The van der Waals surface area contributed by atoms with Crippen molar-refractivity contribution in [3.63, 3.8) is 0 Å². The number of likely N-dealkylation sites (N-methyl/N-ethyl adjacent to an activating group) is 1. The molecular formula is C11H19ClN2O2. The van der Waals surface area contributed by atoms with Crippen LogP contribution in [0.1, 0.15) is 0 Å². The largest absolute Gasteiger partial charge is 0.491 e. The number of hydrogen-bond acceptors (Lipinski definition) is 4. The van der Waals surface area contributed by atoms with E-state index < -0.39 is 6.10 Å². The molecule has 3 N–H and O–H groups in total. The van der Waals surface area contributed by atoms with Gasteiger partial charge in [-0.15, -0.1) is 12.4 Å². The lowest BCUT2D eigenvalue weighted by atomic mass is 10.3. The minimum Gasteiger partial charge on any atom is -0.491 e. The summed E-state index contributed by atoms with van der Waals surface area (Å²) in [5, 5.41) is 9.54. The molecule has 0 aliphatic heterocycles. The summed E-state index contributed by atoms with van der Waals surface area (Å²) >= 11 is 0. The number of rotatable bonds is 5. The standard InChI is InChI=1S/C11H18N2O2.ClH/c1-13(2)7-10(14)8-15-11-5-3-9(12)4-6-11;/h3-6,10,14H,7-8,12H2,1-2H3;1H. The van der Waals surface area contributed by atoms with E-state index in [9.17, 15) is 5.11 Å². The third-order valence-electron chi connectivity index (χ3n) is 1.90. The molecule has 0 saturated carbocycles.